The Morgan fingerprint density at radius 3 is 2.26 bits per heavy atom. The zero-order chi connectivity index (χ0) is 21.2. The first-order chi connectivity index (χ1) is 15.2. The van der Waals surface area contributed by atoms with Crippen LogP contribution in [0.25, 0.3) is 10.2 Å². The average Bonchev–Trinajstić information content (AvgIpc) is 3.38. The van der Waals surface area contributed by atoms with Gasteiger partial charge in [-0.3, -0.25) is 14.2 Å². The van der Waals surface area contributed by atoms with Gasteiger partial charge in [-0.05, 0) is 36.0 Å². The van der Waals surface area contributed by atoms with Gasteiger partial charge in [0.05, 0.1) is 11.7 Å². The second-order valence-corrected chi connectivity index (χ2v) is 9.02. The summed E-state index contributed by atoms with van der Waals surface area (Å²) in [5, 5.41) is 0.713. The van der Waals surface area contributed by atoms with E-state index in [0.29, 0.717) is 18.5 Å². The molecule has 5 rings (SSSR count). The highest BCUT2D eigenvalue weighted by Gasteiger charge is 2.22. The van der Waals surface area contributed by atoms with Gasteiger partial charge in [-0.2, -0.15) is 0 Å². The highest BCUT2D eigenvalue weighted by molar-refractivity contribution is 7.18. The third-order valence-electron chi connectivity index (χ3n) is 5.78. The summed E-state index contributed by atoms with van der Waals surface area (Å²) < 4.78 is 1.47. The van der Waals surface area contributed by atoms with E-state index in [2.05, 4.69) is 4.98 Å². The lowest BCUT2D eigenvalue weighted by Gasteiger charge is -2.23. The zero-order valence-corrected chi connectivity index (χ0v) is 18.0. The van der Waals surface area contributed by atoms with Crippen molar-refractivity contribution in [1.29, 1.82) is 0 Å². The molecule has 0 fully saturated rings. The minimum atomic E-state index is -0.0999. The predicted octanol–water partition coefficient (Wildman–Crippen LogP) is 4.18. The van der Waals surface area contributed by atoms with Crippen molar-refractivity contribution in [3.8, 4) is 0 Å². The maximum Gasteiger partial charge on any atom is 0.262 e. The summed E-state index contributed by atoms with van der Waals surface area (Å²) in [5.41, 5.74) is 3.16. The maximum absolute atomic E-state index is 13.3. The molecule has 0 saturated carbocycles. The van der Waals surface area contributed by atoms with Gasteiger partial charge < -0.3 is 4.90 Å². The van der Waals surface area contributed by atoms with Crippen LogP contribution in [0.15, 0.2) is 71.8 Å². The van der Waals surface area contributed by atoms with Crippen LogP contribution in [0.2, 0.25) is 0 Å². The van der Waals surface area contributed by atoms with Crippen molar-refractivity contribution in [2.24, 2.45) is 0 Å². The van der Waals surface area contributed by atoms with Crippen LogP contribution in [0.1, 0.15) is 28.0 Å². The van der Waals surface area contributed by atoms with E-state index >= 15 is 0 Å². The molecule has 0 spiro atoms. The lowest BCUT2D eigenvalue weighted by molar-refractivity contribution is -0.133. The Balaban J connectivity index is 1.44. The van der Waals surface area contributed by atoms with Crippen LogP contribution in [-0.4, -0.2) is 20.4 Å². The summed E-state index contributed by atoms with van der Waals surface area (Å²) in [5.74, 6) is -0.0946. The highest BCUT2D eigenvalue weighted by atomic mass is 32.1. The molecule has 6 heteroatoms. The van der Waals surface area contributed by atoms with Crippen LogP contribution in [0.5, 0.6) is 0 Å². The molecule has 31 heavy (non-hydrogen) atoms. The molecule has 1 aliphatic rings. The molecular weight excluding hydrogens is 406 g/mol. The van der Waals surface area contributed by atoms with Gasteiger partial charge in [0.15, 0.2) is 0 Å². The summed E-state index contributed by atoms with van der Waals surface area (Å²) in [6.07, 6.45) is 4.57. The number of benzene rings is 2. The Morgan fingerprint density at radius 2 is 1.61 bits per heavy atom. The van der Waals surface area contributed by atoms with Crippen LogP contribution in [0, 0.1) is 0 Å². The predicted molar refractivity (Wildman–Crippen MR) is 123 cm³/mol. The van der Waals surface area contributed by atoms with E-state index < -0.39 is 0 Å². The zero-order valence-electron chi connectivity index (χ0n) is 17.2. The van der Waals surface area contributed by atoms with Crippen molar-refractivity contribution < 1.29 is 4.79 Å². The fourth-order valence-electron chi connectivity index (χ4n) is 4.22. The molecule has 1 aliphatic carbocycles. The maximum atomic E-state index is 13.3. The van der Waals surface area contributed by atoms with E-state index in [-0.39, 0.29) is 18.0 Å². The second kappa shape index (κ2) is 8.47. The number of thiophene rings is 1. The number of rotatable bonds is 6. The molecule has 0 N–H and O–H groups in total. The minimum absolute atomic E-state index is 0.00788. The summed E-state index contributed by atoms with van der Waals surface area (Å²) in [4.78, 5) is 34.9. The van der Waals surface area contributed by atoms with Crippen LogP contribution in [0.4, 0.5) is 0 Å². The van der Waals surface area contributed by atoms with Gasteiger partial charge in [-0.15, -0.1) is 11.3 Å². The van der Waals surface area contributed by atoms with Gasteiger partial charge in [0.1, 0.15) is 11.4 Å². The number of carbonyl (C=O) groups excluding carboxylic acids is 1. The SMILES string of the molecule is O=C(Cn1cnc2sc3c(c2c1=O)CCC3)N(Cc1ccccc1)Cc1ccccc1. The highest BCUT2D eigenvalue weighted by Crippen LogP contribution is 2.34. The normalized spacial score (nSPS) is 12.8. The molecule has 5 nitrogen and oxygen atoms in total. The van der Waals surface area contributed by atoms with Crippen LogP contribution in [-0.2, 0) is 37.3 Å². The Hall–Kier alpha value is -3.25. The monoisotopic (exact) mass is 429 g/mol. The molecular formula is C25H23N3O2S. The number of aryl methyl sites for hydroxylation is 2. The minimum Gasteiger partial charge on any atom is -0.332 e. The standard InChI is InChI=1S/C25H23N3O2S/c29-22(16-28-17-26-24-23(25(28)30)20-12-7-13-21(20)31-24)27(14-18-8-3-1-4-9-18)15-19-10-5-2-6-11-19/h1-6,8-11,17H,7,12-16H2. The molecule has 0 radical (unpaired) electrons. The Labute approximate surface area is 184 Å². The average molecular weight is 430 g/mol. The van der Waals surface area contributed by atoms with Gasteiger partial charge in [0.25, 0.3) is 5.56 Å². The number of amides is 1. The summed E-state index contributed by atoms with van der Waals surface area (Å²) in [7, 11) is 0. The number of nitrogens with zero attached hydrogens (tertiary/aromatic N) is 3. The van der Waals surface area contributed by atoms with Crippen molar-refractivity contribution in [3.63, 3.8) is 0 Å². The molecule has 0 atom stereocenters. The molecule has 4 aromatic rings. The van der Waals surface area contributed by atoms with Gasteiger partial charge in [-0.25, -0.2) is 4.98 Å². The van der Waals surface area contributed by atoms with Gasteiger partial charge in [-0.1, -0.05) is 60.7 Å². The number of hydrogen-bond acceptors (Lipinski definition) is 4. The molecule has 2 aromatic carbocycles. The first-order valence-electron chi connectivity index (χ1n) is 10.5. The third kappa shape index (κ3) is 4.03. The second-order valence-electron chi connectivity index (χ2n) is 7.94. The lowest BCUT2D eigenvalue weighted by Crippen LogP contribution is -2.36. The molecule has 2 heterocycles. The van der Waals surface area contributed by atoms with E-state index in [1.807, 2.05) is 60.7 Å². The van der Waals surface area contributed by atoms with Crippen molar-refractivity contribution in [3.05, 3.63) is 98.9 Å². The van der Waals surface area contributed by atoms with E-state index in [4.69, 9.17) is 0 Å². The molecule has 0 aliphatic heterocycles. The van der Waals surface area contributed by atoms with Gasteiger partial charge >= 0.3 is 0 Å². The summed E-state index contributed by atoms with van der Waals surface area (Å²) >= 11 is 1.62. The summed E-state index contributed by atoms with van der Waals surface area (Å²) in [6, 6.07) is 19.9. The fourth-order valence-corrected chi connectivity index (χ4v) is 5.44. The first kappa shape index (κ1) is 19.7. The Morgan fingerprint density at radius 1 is 0.968 bits per heavy atom. The van der Waals surface area contributed by atoms with E-state index in [1.54, 1.807) is 16.2 Å². The molecule has 156 valence electrons. The quantitative estimate of drug-likeness (QED) is 0.462. The first-order valence-corrected chi connectivity index (χ1v) is 11.4. The largest absolute Gasteiger partial charge is 0.332 e. The van der Waals surface area contributed by atoms with E-state index in [1.165, 1.54) is 15.8 Å². The van der Waals surface area contributed by atoms with Crippen LogP contribution >= 0.6 is 11.3 Å². The lowest BCUT2D eigenvalue weighted by atomic mass is 10.1. The van der Waals surface area contributed by atoms with Crippen molar-refractivity contribution in [1.82, 2.24) is 14.5 Å². The van der Waals surface area contributed by atoms with Gasteiger partial charge in [0, 0.05) is 18.0 Å². The smallest absolute Gasteiger partial charge is 0.262 e. The topological polar surface area (TPSA) is 55.2 Å². The Kier molecular flexibility index (Phi) is 5.38. The Bertz CT molecular complexity index is 1240. The van der Waals surface area contributed by atoms with Crippen molar-refractivity contribution in [2.45, 2.75) is 38.9 Å². The van der Waals surface area contributed by atoms with Crippen LogP contribution < -0.4 is 5.56 Å². The number of hydrogen-bond donors (Lipinski definition) is 0. The van der Waals surface area contributed by atoms with E-state index in [0.717, 1.165) is 40.8 Å². The molecule has 0 bridgehead atoms. The van der Waals surface area contributed by atoms with Crippen molar-refractivity contribution >= 4 is 27.5 Å². The molecule has 0 saturated heterocycles. The summed E-state index contributed by atoms with van der Waals surface area (Å²) in [6.45, 7) is 0.978. The third-order valence-corrected chi connectivity index (χ3v) is 6.98. The molecule has 1 amide bonds. The van der Waals surface area contributed by atoms with E-state index in [9.17, 15) is 9.59 Å². The van der Waals surface area contributed by atoms with Crippen molar-refractivity contribution in [2.75, 3.05) is 0 Å². The van der Waals surface area contributed by atoms with Gasteiger partial charge in [0.2, 0.25) is 5.91 Å². The number of fused-ring (bicyclic) bond motifs is 3. The van der Waals surface area contributed by atoms with Crippen LogP contribution in [0.3, 0.4) is 0 Å². The fraction of sp³-hybridized carbons (Fsp3) is 0.240. The number of aromatic nitrogens is 2. The number of carbonyl (C=O) groups is 1. The molecule has 0 unspecified atom stereocenters. The molecule has 2 aromatic heterocycles.